The number of amides is 1. The molecule has 0 atom stereocenters. The maximum atomic E-state index is 14.6. The van der Waals surface area contributed by atoms with Gasteiger partial charge in [-0.15, -0.1) is 0 Å². The number of aliphatic imine (C=N–C) groups is 1. The molecule has 0 fully saturated rings. The molecule has 1 amide bonds. The van der Waals surface area contributed by atoms with Crippen LogP contribution in [0.5, 0.6) is 0 Å². The molecule has 1 aromatic heterocycles. The molecular formula is C18H14F2N4O. The molecule has 0 saturated carbocycles. The van der Waals surface area contributed by atoms with Gasteiger partial charge in [0.15, 0.2) is 0 Å². The third-order valence-electron chi connectivity index (χ3n) is 4.41. The van der Waals surface area contributed by atoms with E-state index in [0.717, 1.165) is 22.9 Å². The molecule has 126 valence electrons. The Kier molecular flexibility index (Phi) is 3.38. The summed E-state index contributed by atoms with van der Waals surface area (Å²) < 4.78 is 30.3. The van der Waals surface area contributed by atoms with Gasteiger partial charge in [-0.2, -0.15) is 5.10 Å². The molecule has 1 N–H and O–H groups in total. The van der Waals surface area contributed by atoms with Crippen LogP contribution in [0.2, 0.25) is 0 Å². The molecular weight excluding hydrogens is 326 g/mol. The monoisotopic (exact) mass is 340 g/mol. The molecule has 7 heteroatoms. The van der Waals surface area contributed by atoms with Crippen LogP contribution in [-0.4, -0.2) is 21.4 Å². The van der Waals surface area contributed by atoms with E-state index in [1.54, 1.807) is 19.2 Å². The summed E-state index contributed by atoms with van der Waals surface area (Å²) in [5, 5.41) is 6.56. The summed E-state index contributed by atoms with van der Waals surface area (Å²) in [5.41, 5.74) is 3.00. The molecule has 1 aliphatic rings. The highest BCUT2D eigenvalue weighted by Gasteiger charge is 2.23. The van der Waals surface area contributed by atoms with Crippen LogP contribution in [0.15, 0.2) is 35.5 Å². The van der Waals surface area contributed by atoms with Crippen LogP contribution in [0.25, 0.3) is 10.9 Å². The largest absolute Gasteiger partial charge is 0.322 e. The fraction of sp³-hybridized carbons (Fsp3) is 0.167. The Balaban J connectivity index is 1.71. The first-order chi connectivity index (χ1) is 12.0. The highest BCUT2D eigenvalue weighted by Crippen LogP contribution is 2.26. The van der Waals surface area contributed by atoms with Gasteiger partial charge in [-0.05, 0) is 24.6 Å². The Morgan fingerprint density at radius 1 is 1.28 bits per heavy atom. The molecule has 0 saturated heterocycles. The van der Waals surface area contributed by atoms with Crippen molar-refractivity contribution in [2.24, 2.45) is 12.0 Å². The number of nitrogens with one attached hydrogen (secondary N) is 1. The maximum Gasteiger partial charge on any atom is 0.261 e. The number of fused-ring (bicyclic) bond motifs is 2. The average molecular weight is 340 g/mol. The minimum atomic E-state index is -0.926. The van der Waals surface area contributed by atoms with Crippen molar-refractivity contribution < 1.29 is 13.6 Å². The van der Waals surface area contributed by atoms with Crippen molar-refractivity contribution >= 4 is 28.2 Å². The number of carbonyl (C=O) groups excluding carboxylic acids is 1. The van der Waals surface area contributed by atoms with Crippen LogP contribution >= 0.6 is 0 Å². The molecule has 0 spiro atoms. The quantitative estimate of drug-likeness (QED) is 0.777. The lowest BCUT2D eigenvalue weighted by molar-refractivity contribution is 0.101. The molecule has 4 rings (SSSR count). The van der Waals surface area contributed by atoms with E-state index in [0.29, 0.717) is 12.2 Å². The smallest absolute Gasteiger partial charge is 0.261 e. The van der Waals surface area contributed by atoms with E-state index in [9.17, 15) is 13.6 Å². The number of carbonyl (C=O) groups is 1. The van der Waals surface area contributed by atoms with Gasteiger partial charge in [0, 0.05) is 30.1 Å². The molecule has 0 aliphatic carbocycles. The second kappa shape index (κ2) is 5.47. The second-order valence-electron chi connectivity index (χ2n) is 5.98. The van der Waals surface area contributed by atoms with Gasteiger partial charge in [-0.3, -0.25) is 14.5 Å². The minimum absolute atomic E-state index is 0.103. The maximum absolute atomic E-state index is 14.6. The average Bonchev–Trinajstić information content (AvgIpc) is 3.12. The first kappa shape index (κ1) is 15.4. The van der Waals surface area contributed by atoms with Crippen LogP contribution in [0.3, 0.4) is 0 Å². The van der Waals surface area contributed by atoms with Gasteiger partial charge < -0.3 is 5.32 Å². The molecule has 0 radical (unpaired) electrons. The minimum Gasteiger partial charge on any atom is -0.322 e. The van der Waals surface area contributed by atoms with E-state index in [4.69, 9.17) is 0 Å². The Bertz CT molecular complexity index is 1070. The van der Waals surface area contributed by atoms with Crippen molar-refractivity contribution in [2.45, 2.75) is 13.5 Å². The summed E-state index contributed by atoms with van der Waals surface area (Å²) in [7, 11) is 1.58. The number of nitrogens with zero attached hydrogens (tertiary/aromatic N) is 3. The predicted octanol–water partition coefficient (Wildman–Crippen LogP) is 3.43. The molecule has 0 unspecified atom stereocenters. The number of hydrogen-bond acceptors (Lipinski definition) is 3. The lowest BCUT2D eigenvalue weighted by Gasteiger charge is -2.10. The Labute approximate surface area is 142 Å². The highest BCUT2D eigenvalue weighted by molar-refractivity contribution is 6.08. The van der Waals surface area contributed by atoms with Gasteiger partial charge in [-0.1, -0.05) is 6.07 Å². The molecule has 2 aromatic carbocycles. The van der Waals surface area contributed by atoms with Crippen LogP contribution in [0.4, 0.5) is 14.5 Å². The number of halogens is 2. The number of hydrogen-bond donors (Lipinski definition) is 1. The third-order valence-corrected chi connectivity index (χ3v) is 4.41. The Morgan fingerprint density at radius 2 is 2.08 bits per heavy atom. The van der Waals surface area contributed by atoms with Crippen molar-refractivity contribution in [1.29, 1.82) is 0 Å². The zero-order valence-electron chi connectivity index (χ0n) is 13.6. The van der Waals surface area contributed by atoms with Gasteiger partial charge in [0.1, 0.15) is 17.2 Å². The second-order valence-corrected chi connectivity index (χ2v) is 5.98. The van der Waals surface area contributed by atoms with Crippen molar-refractivity contribution in [3.63, 3.8) is 0 Å². The summed E-state index contributed by atoms with van der Waals surface area (Å²) in [4.78, 5) is 16.8. The first-order valence-corrected chi connectivity index (χ1v) is 7.71. The molecule has 25 heavy (non-hydrogen) atoms. The van der Waals surface area contributed by atoms with Crippen molar-refractivity contribution in [2.75, 3.05) is 5.32 Å². The zero-order chi connectivity index (χ0) is 17.7. The Hall–Kier alpha value is -3.09. The number of rotatable bonds is 2. The van der Waals surface area contributed by atoms with E-state index in [-0.39, 0.29) is 10.9 Å². The van der Waals surface area contributed by atoms with E-state index in [2.05, 4.69) is 15.4 Å². The van der Waals surface area contributed by atoms with Crippen LogP contribution in [-0.2, 0) is 13.6 Å². The normalized spacial score (nSPS) is 13.0. The number of benzene rings is 2. The lowest BCUT2D eigenvalue weighted by Crippen LogP contribution is -2.16. The summed E-state index contributed by atoms with van der Waals surface area (Å²) in [6.45, 7) is 2.49. The van der Waals surface area contributed by atoms with E-state index < -0.39 is 23.1 Å². The summed E-state index contributed by atoms with van der Waals surface area (Å²) >= 11 is 0. The van der Waals surface area contributed by atoms with Gasteiger partial charge in [-0.25, -0.2) is 8.78 Å². The topological polar surface area (TPSA) is 59.3 Å². The summed E-state index contributed by atoms with van der Waals surface area (Å²) in [5.74, 6) is -2.68. The molecule has 5 nitrogen and oxygen atoms in total. The molecule has 1 aliphatic heterocycles. The third kappa shape index (κ3) is 2.39. The van der Waals surface area contributed by atoms with Gasteiger partial charge >= 0.3 is 0 Å². The number of aryl methyl sites for hydroxylation is 1. The van der Waals surface area contributed by atoms with Crippen molar-refractivity contribution in [3.05, 3.63) is 58.8 Å². The lowest BCUT2D eigenvalue weighted by atomic mass is 10.1. The highest BCUT2D eigenvalue weighted by atomic mass is 19.1. The zero-order valence-corrected chi connectivity index (χ0v) is 13.6. The van der Waals surface area contributed by atoms with Gasteiger partial charge in [0.2, 0.25) is 0 Å². The molecule has 0 bridgehead atoms. The van der Waals surface area contributed by atoms with Crippen LogP contribution in [0.1, 0.15) is 28.4 Å². The van der Waals surface area contributed by atoms with E-state index in [1.165, 1.54) is 10.9 Å². The Morgan fingerprint density at radius 3 is 2.88 bits per heavy atom. The van der Waals surface area contributed by atoms with E-state index in [1.807, 2.05) is 13.0 Å². The van der Waals surface area contributed by atoms with Crippen LogP contribution < -0.4 is 5.32 Å². The fourth-order valence-corrected chi connectivity index (χ4v) is 3.04. The number of aromatic nitrogens is 2. The van der Waals surface area contributed by atoms with Gasteiger partial charge in [0.25, 0.3) is 5.91 Å². The van der Waals surface area contributed by atoms with Crippen molar-refractivity contribution in [1.82, 2.24) is 9.78 Å². The first-order valence-electron chi connectivity index (χ1n) is 7.71. The number of anilines is 1. The van der Waals surface area contributed by atoms with E-state index >= 15 is 0 Å². The molecule has 2 heterocycles. The fourth-order valence-electron chi connectivity index (χ4n) is 3.04. The van der Waals surface area contributed by atoms with Gasteiger partial charge in [0.05, 0.1) is 23.6 Å². The SMILES string of the molecule is CC1=NCc2ccc(NC(=O)c3c(F)cc4c(cnn4C)c3F)cc21. The van der Waals surface area contributed by atoms with Crippen LogP contribution in [0, 0.1) is 11.6 Å². The summed E-state index contributed by atoms with van der Waals surface area (Å²) in [6.07, 6.45) is 1.27. The standard InChI is InChI=1S/C18H14F2N4O/c1-9-12-5-11(4-3-10(12)7-21-9)23-18(25)16-14(19)6-15-13(17(16)20)8-22-24(15)2/h3-6,8H,7H2,1-2H3,(H,23,25). The molecule has 3 aromatic rings. The summed E-state index contributed by atoms with van der Waals surface area (Å²) in [6, 6.07) is 6.42. The predicted molar refractivity (Wildman–Crippen MR) is 90.9 cm³/mol. The van der Waals surface area contributed by atoms with Crippen molar-refractivity contribution in [3.8, 4) is 0 Å².